The maximum atomic E-state index is 13.5. The van der Waals surface area contributed by atoms with E-state index in [2.05, 4.69) is 10.2 Å². The van der Waals surface area contributed by atoms with E-state index in [9.17, 15) is 9.18 Å². The van der Waals surface area contributed by atoms with E-state index in [1.807, 2.05) is 24.3 Å². The first kappa shape index (κ1) is 19.1. The molecule has 1 aliphatic rings. The Hall–Kier alpha value is -2.27. The van der Waals surface area contributed by atoms with Crippen LogP contribution >= 0.6 is 12.4 Å². The highest BCUT2D eigenvalue weighted by atomic mass is 35.5. The molecule has 4 nitrogen and oxygen atoms in total. The van der Waals surface area contributed by atoms with Crippen molar-refractivity contribution in [3.8, 4) is 0 Å². The van der Waals surface area contributed by atoms with Gasteiger partial charge in [-0.05, 0) is 54.7 Å². The number of halogens is 2. The first-order valence-electron chi connectivity index (χ1n) is 8.18. The molecule has 6 heteroatoms. The second-order valence-corrected chi connectivity index (χ2v) is 6.23. The maximum Gasteiger partial charge on any atom is 0.239 e. The number of anilines is 2. The highest BCUT2D eigenvalue weighted by Crippen LogP contribution is 2.30. The Morgan fingerprint density at radius 1 is 1.32 bits per heavy atom. The fourth-order valence-corrected chi connectivity index (χ4v) is 3.07. The van der Waals surface area contributed by atoms with Gasteiger partial charge in [-0.1, -0.05) is 18.2 Å². The van der Waals surface area contributed by atoms with Crippen molar-refractivity contribution in [1.82, 2.24) is 5.32 Å². The standard InChI is InChI=1S/C19H22FN3O.ClH/c1-13-7-8-14(10-16(13)20)11-22-19(24)12-23-9-3-4-15-17(21)5-2-6-18(15)23;/h2,5-8,10H,3-4,9,11-12,21H2,1H3,(H,22,24);1H. The van der Waals surface area contributed by atoms with Crippen molar-refractivity contribution in [2.24, 2.45) is 0 Å². The molecule has 0 aromatic heterocycles. The predicted octanol–water partition coefficient (Wildman–Crippen LogP) is 3.21. The molecule has 0 bridgehead atoms. The molecular formula is C19H23ClFN3O. The topological polar surface area (TPSA) is 58.4 Å². The van der Waals surface area contributed by atoms with Crippen LogP contribution in [-0.2, 0) is 17.8 Å². The van der Waals surface area contributed by atoms with Crippen molar-refractivity contribution in [1.29, 1.82) is 0 Å². The molecule has 2 aromatic carbocycles. The van der Waals surface area contributed by atoms with Crippen LogP contribution in [0, 0.1) is 12.7 Å². The van der Waals surface area contributed by atoms with Crippen molar-refractivity contribution in [3.63, 3.8) is 0 Å². The summed E-state index contributed by atoms with van der Waals surface area (Å²) in [6.07, 6.45) is 1.93. The van der Waals surface area contributed by atoms with E-state index < -0.39 is 0 Å². The zero-order valence-corrected chi connectivity index (χ0v) is 15.0. The third-order valence-electron chi connectivity index (χ3n) is 4.44. The van der Waals surface area contributed by atoms with Crippen LogP contribution in [-0.4, -0.2) is 19.0 Å². The summed E-state index contributed by atoms with van der Waals surface area (Å²) in [5.41, 5.74) is 10.3. The van der Waals surface area contributed by atoms with Gasteiger partial charge in [0.1, 0.15) is 5.82 Å². The average Bonchev–Trinajstić information content (AvgIpc) is 2.57. The molecule has 1 amide bonds. The van der Waals surface area contributed by atoms with Gasteiger partial charge in [-0.15, -0.1) is 12.4 Å². The lowest BCUT2D eigenvalue weighted by molar-refractivity contribution is -0.119. The lowest BCUT2D eigenvalue weighted by Gasteiger charge is -2.31. The molecular weight excluding hydrogens is 341 g/mol. The smallest absolute Gasteiger partial charge is 0.239 e. The van der Waals surface area contributed by atoms with Crippen LogP contribution in [0.1, 0.15) is 23.1 Å². The van der Waals surface area contributed by atoms with E-state index in [0.29, 0.717) is 12.1 Å². The Bertz CT molecular complexity index is 766. The molecule has 25 heavy (non-hydrogen) atoms. The van der Waals surface area contributed by atoms with Gasteiger partial charge in [-0.2, -0.15) is 0 Å². The lowest BCUT2D eigenvalue weighted by atomic mass is 10.00. The van der Waals surface area contributed by atoms with E-state index >= 15 is 0 Å². The highest BCUT2D eigenvalue weighted by molar-refractivity contribution is 5.85. The van der Waals surface area contributed by atoms with Gasteiger partial charge in [0.05, 0.1) is 6.54 Å². The molecule has 0 radical (unpaired) electrons. The van der Waals surface area contributed by atoms with Gasteiger partial charge in [0, 0.05) is 24.5 Å². The van der Waals surface area contributed by atoms with Crippen molar-refractivity contribution >= 4 is 29.7 Å². The Balaban J connectivity index is 0.00000225. The Labute approximate surface area is 153 Å². The number of benzene rings is 2. The normalized spacial score (nSPS) is 13.0. The summed E-state index contributed by atoms with van der Waals surface area (Å²) in [6.45, 7) is 3.17. The SMILES string of the molecule is Cc1ccc(CNC(=O)CN2CCCc3c(N)cccc32)cc1F.Cl. The number of rotatable bonds is 4. The first-order valence-corrected chi connectivity index (χ1v) is 8.18. The van der Waals surface area contributed by atoms with Gasteiger partial charge >= 0.3 is 0 Å². The second kappa shape index (κ2) is 8.21. The number of carbonyl (C=O) groups is 1. The molecule has 0 unspecified atom stereocenters. The van der Waals surface area contributed by atoms with Crippen molar-refractivity contribution in [3.05, 3.63) is 58.9 Å². The number of carbonyl (C=O) groups excluding carboxylic acids is 1. The molecule has 0 spiro atoms. The summed E-state index contributed by atoms with van der Waals surface area (Å²) >= 11 is 0. The van der Waals surface area contributed by atoms with E-state index in [0.717, 1.165) is 41.9 Å². The van der Waals surface area contributed by atoms with Gasteiger partial charge in [0.25, 0.3) is 0 Å². The molecule has 0 fully saturated rings. The van der Waals surface area contributed by atoms with Crippen LogP contribution in [0.5, 0.6) is 0 Å². The Morgan fingerprint density at radius 3 is 2.88 bits per heavy atom. The highest BCUT2D eigenvalue weighted by Gasteiger charge is 2.20. The molecule has 0 saturated heterocycles. The first-order chi connectivity index (χ1) is 11.5. The number of nitrogens with one attached hydrogen (secondary N) is 1. The fourth-order valence-electron chi connectivity index (χ4n) is 3.07. The van der Waals surface area contributed by atoms with E-state index in [1.165, 1.54) is 6.07 Å². The van der Waals surface area contributed by atoms with Gasteiger partial charge in [0.15, 0.2) is 0 Å². The molecule has 134 valence electrons. The lowest BCUT2D eigenvalue weighted by Crippen LogP contribution is -2.39. The second-order valence-electron chi connectivity index (χ2n) is 6.23. The summed E-state index contributed by atoms with van der Waals surface area (Å²) in [7, 11) is 0. The fraction of sp³-hybridized carbons (Fsp3) is 0.316. The van der Waals surface area contributed by atoms with Crippen LogP contribution < -0.4 is 16.0 Å². The summed E-state index contributed by atoms with van der Waals surface area (Å²) in [6, 6.07) is 10.8. The van der Waals surface area contributed by atoms with E-state index in [4.69, 9.17) is 5.73 Å². The number of fused-ring (bicyclic) bond motifs is 1. The van der Waals surface area contributed by atoms with Crippen molar-refractivity contribution < 1.29 is 9.18 Å². The number of nitrogens with two attached hydrogens (primary N) is 1. The van der Waals surface area contributed by atoms with E-state index in [1.54, 1.807) is 13.0 Å². The minimum atomic E-state index is -0.248. The van der Waals surface area contributed by atoms with Crippen molar-refractivity contribution in [2.75, 3.05) is 23.7 Å². The largest absolute Gasteiger partial charge is 0.398 e. The third-order valence-corrected chi connectivity index (χ3v) is 4.44. The van der Waals surface area contributed by atoms with Gasteiger partial charge in [0.2, 0.25) is 5.91 Å². The van der Waals surface area contributed by atoms with Crippen LogP contribution in [0.25, 0.3) is 0 Å². The van der Waals surface area contributed by atoms with Crippen LogP contribution in [0.3, 0.4) is 0 Å². The molecule has 3 rings (SSSR count). The van der Waals surface area contributed by atoms with E-state index in [-0.39, 0.29) is 30.7 Å². The molecule has 1 aliphatic heterocycles. The minimum absolute atomic E-state index is 0. The number of nitrogens with zero attached hydrogens (tertiary/aromatic N) is 1. The van der Waals surface area contributed by atoms with Crippen LogP contribution in [0.2, 0.25) is 0 Å². The molecule has 2 aromatic rings. The Kier molecular flexibility index (Phi) is 6.26. The molecule has 0 atom stereocenters. The van der Waals surface area contributed by atoms with Crippen LogP contribution in [0.15, 0.2) is 36.4 Å². The van der Waals surface area contributed by atoms with Gasteiger partial charge < -0.3 is 16.0 Å². The minimum Gasteiger partial charge on any atom is -0.398 e. The van der Waals surface area contributed by atoms with Crippen LogP contribution in [0.4, 0.5) is 15.8 Å². The molecule has 1 heterocycles. The zero-order chi connectivity index (χ0) is 17.1. The van der Waals surface area contributed by atoms with Crippen molar-refractivity contribution in [2.45, 2.75) is 26.3 Å². The Morgan fingerprint density at radius 2 is 2.12 bits per heavy atom. The molecule has 0 saturated carbocycles. The number of hydrogen-bond donors (Lipinski definition) is 2. The quantitative estimate of drug-likeness (QED) is 0.820. The average molecular weight is 364 g/mol. The number of aryl methyl sites for hydroxylation is 1. The number of hydrogen-bond acceptors (Lipinski definition) is 3. The third kappa shape index (κ3) is 4.42. The summed E-state index contributed by atoms with van der Waals surface area (Å²) in [4.78, 5) is 14.3. The monoisotopic (exact) mass is 363 g/mol. The zero-order valence-electron chi connectivity index (χ0n) is 14.2. The summed E-state index contributed by atoms with van der Waals surface area (Å²) < 4.78 is 13.5. The summed E-state index contributed by atoms with van der Waals surface area (Å²) in [5.74, 6) is -0.326. The summed E-state index contributed by atoms with van der Waals surface area (Å²) in [5, 5.41) is 2.86. The number of nitrogen functional groups attached to an aromatic ring is 1. The maximum absolute atomic E-state index is 13.5. The van der Waals surface area contributed by atoms with Gasteiger partial charge in [-0.25, -0.2) is 4.39 Å². The molecule has 0 aliphatic carbocycles. The number of amides is 1. The van der Waals surface area contributed by atoms with Gasteiger partial charge in [-0.3, -0.25) is 4.79 Å². The predicted molar refractivity (Wildman–Crippen MR) is 102 cm³/mol. The molecule has 3 N–H and O–H groups in total.